The third-order valence-electron chi connectivity index (χ3n) is 2.45. The van der Waals surface area contributed by atoms with Crippen LogP contribution < -0.4 is 0 Å². The number of hydrogen-bond donors (Lipinski definition) is 0. The van der Waals surface area contributed by atoms with Gasteiger partial charge in [0.1, 0.15) is 0 Å². The minimum absolute atomic E-state index is 0.294. The zero-order valence-corrected chi connectivity index (χ0v) is 11.1. The molecule has 0 aliphatic carbocycles. The Labute approximate surface area is 106 Å². The van der Waals surface area contributed by atoms with Crippen LogP contribution in [0.4, 0.5) is 0 Å². The number of benzene rings is 1. The highest BCUT2D eigenvalue weighted by Crippen LogP contribution is 2.33. The average Bonchev–Trinajstić information content (AvgIpc) is 2.52. The molecule has 1 aromatic rings. The zero-order chi connectivity index (χ0) is 13.4. The summed E-state index contributed by atoms with van der Waals surface area (Å²) < 4.78 is 54.3. The van der Waals surface area contributed by atoms with E-state index in [1.54, 1.807) is 30.3 Å². The van der Waals surface area contributed by atoms with E-state index in [2.05, 4.69) is 8.37 Å². The Balaban J connectivity index is 2.32. The van der Waals surface area contributed by atoms with Gasteiger partial charge in [0.15, 0.2) is 0 Å². The first-order valence-electron chi connectivity index (χ1n) is 5.11. The van der Waals surface area contributed by atoms with E-state index >= 15 is 0 Å². The molecule has 18 heavy (non-hydrogen) atoms. The van der Waals surface area contributed by atoms with Crippen molar-refractivity contribution < 1.29 is 25.2 Å². The quantitative estimate of drug-likeness (QED) is 0.751. The molecule has 6 nitrogen and oxygen atoms in total. The first-order chi connectivity index (χ1) is 8.27. The molecule has 1 fully saturated rings. The van der Waals surface area contributed by atoms with Crippen LogP contribution in [-0.2, 0) is 28.6 Å². The molecule has 0 bridgehead atoms. The fraction of sp³-hybridized carbons (Fsp3) is 0.400. The van der Waals surface area contributed by atoms with E-state index in [4.69, 9.17) is 0 Å². The zero-order valence-electron chi connectivity index (χ0n) is 9.51. The second-order valence-corrected chi connectivity index (χ2v) is 7.25. The number of rotatable bonds is 3. The van der Waals surface area contributed by atoms with Crippen LogP contribution in [0.2, 0.25) is 0 Å². The molecule has 0 spiro atoms. The lowest BCUT2D eigenvalue weighted by atomic mass is 10.0. The van der Waals surface area contributed by atoms with Crippen molar-refractivity contribution in [3.05, 3.63) is 35.9 Å². The molecule has 1 heterocycles. The highest BCUT2D eigenvalue weighted by Gasteiger charge is 2.42. The topological polar surface area (TPSA) is 86.7 Å². The van der Waals surface area contributed by atoms with Gasteiger partial charge in [0, 0.05) is 0 Å². The summed E-state index contributed by atoms with van der Waals surface area (Å²) in [5, 5.41) is 0. The van der Waals surface area contributed by atoms with Gasteiger partial charge in [-0.1, -0.05) is 30.3 Å². The largest absolute Gasteiger partial charge is 0.270 e. The van der Waals surface area contributed by atoms with Gasteiger partial charge in [0.25, 0.3) is 20.2 Å². The van der Waals surface area contributed by atoms with E-state index in [0.29, 0.717) is 5.56 Å². The van der Waals surface area contributed by atoms with Crippen LogP contribution in [0.1, 0.15) is 11.5 Å². The van der Waals surface area contributed by atoms with Crippen LogP contribution in [0.25, 0.3) is 0 Å². The SMILES string of the molecule is CS(=O)(=O)OC1OS(=O)(=O)CC1c1ccccc1. The lowest BCUT2D eigenvalue weighted by molar-refractivity contribution is 0.0197. The van der Waals surface area contributed by atoms with Gasteiger partial charge < -0.3 is 0 Å². The molecular weight excluding hydrogens is 280 g/mol. The van der Waals surface area contributed by atoms with Crippen molar-refractivity contribution in [3.8, 4) is 0 Å². The summed E-state index contributed by atoms with van der Waals surface area (Å²) in [6.45, 7) is 0. The molecule has 8 heteroatoms. The van der Waals surface area contributed by atoms with Gasteiger partial charge in [-0.3, -0.25) is 0 Å². The van der Waals surface area contributed by atoms with Crippen molar-refractivity contribution in [2.45, 2.75) is 12.2 Å². The van der Waals surface area contributed by atoms with Gasteiger partial charge >= 0.3 is 0 Å². The lowest BCUT2D eigenvalue weighted by Crippen LogP contribution is -2.22. The molecule has 100 valence electrons. The van der Waals surface area contributed by atoms with E-state index in [0.717, 1.165) is 6.26 Å². The van der Waals surface area contributed by atoms with Crippen molar-refractivity contribution in [1.82, 2.24) is 0 Å². The van der Waals surface area contributed by atoms with E-state index in [1.807, 2.05) is 0 Å². The Hall–Kier alpha value is -0.960. The minimum atomic E-state index is -3.79. The first-order valence-corrected chi connectivity index (χ1v) is 8.50. The second kappa shape index (κ2) is 4.61. The highest BCUT2D eigenvalue weighted by atomic mass is 32.2. The second-order valence-electron chi connectivity index (χ2n) is 4.01. The van der Waals surface area contributed by atoms with Crippen molar-refractivity contribution in [2.75, 3.05) is 12.0 Å². The molecule has 0 saturated carbocycles. The Bertz CT molecular complexity index is 620. The van der Waals surface area contributed by atoms with Crippen molar-refractivity contribution in [2.24, 2.45) is 0 Å². The molecule has 1 aromatic carbocycles. The monoisotopic (exact) mass is 292 g/mol. The predicted octanol–water partition coefficient (Wildman–Crippen LogP) is 0.432. The Morgan fingerprint density at radius 1 is 1.28 bits per heavy atom. The smallest absolute Gasteiger partial charge is 0.236 e. The predicted molar refractivity (Wildman–Crippen MR) is 63.8 cm³/mol. The Morgan fingerprint density at radius 2 is 1.89 bits per heavy atom. The average molecular weight is 292 g/mol. The Kier molecular flexibility index (Phi) is 3.45. The van der Waals surface area contributed by atoms with Crippen molar-refractivity contribution in [3.63, 3.8) is 0 Å². The highest BCUT2D eigenvalue weighted by molar-refractivity contribution is 7.87. The van der Waals surface area contributed by atoms with Crippen LogP contribution in [0.5, 0.6) is 0 Å². The molecule has 1 aliphatic rings. The van der Waals surface area contributed by atoms with Crippen molar-refractivity contribution in [1.29, 1.82) is 0 Å². The first kappa shape index (κ1) is 13.5. The molecule has 1 aliphatic heterocycles. The van der Waals surface area contributed by atoms with Gasteiger partial charge in [-0.05, 0) is 5.56 Å². The molecule has 2 rings (SSSR count). The standard InChI is InChI=1S/C10H12O6S2/c1-17(11,12)15-10-9(7-18(13,14)16-10)8-5-3-2-4-6-8/h2-6,9-10H,7H2,1H3. The lowest BCUT2D eigenvalue weighted by Gasteiger charge is -2.15. The van der Waals surface area contributed by atoms with Gasteiger partial charge in [0.05, 0.1) is 17.9 Å². The maximum Gasteiger partial charge on any atom is 0.270 e. The summed E-state index contributed by atoms with van der Waals surface area (Å²) >= 11 is 0. The van der Waals surface area contributed by atoms with Gasteiger partial charge in [-0.2, -0.15) is 16.8 Å². The summed E-state index contributed by atoms with van der Waals surface area (Å²) in [6.07, 6.45) is -0.476. The summed E-state index contributed by atoms with van der Waals surface area (Å²) in [4.78, 5) is 0. The molecule has 1 saturated heterocycles. The maximum absolute atomic E-state index is 11.4. The van der Waals surface area contributed by atoms with E-state index in [1.165, 1.54) is 0 Å². The Morgan fingerprint density at radius 3 is 2.44 bits per heavy atom. The molecule has 0 amide bonds. The summed E-state index contributed by atoms with van der Waals surface area (Å²) in [5.74, 6) is -0.942. The normalized spacial score (nSPS) is 27.2. The molecule has 0 aromatic heterocycles. The van der Waals surface area contributed by atoms with E-state index < -0.39 is 32.4 Å². The minimum Gasteiger partial charge on any atom is -0.236 e. The fourth-order valence-electron chi connectivity index (χ4n) is 1.76. The fourth-order valence-corrected chi connectivity index (χ4v) is 3.66. The van der Waals surface area contributed by atoms with Gasteiger partial charge in [-0.15, -0.1) is 0 Å². The van der Waals surface area contributed by atoms with Gasteiger partial charge in [-0.25, -0.2) is 8.37 Å². The molecule has 0 N–H and O–H groups in total. The maximum atomic E-state index is 11.4. The van der Waals surface area contributed by atoms with Crippen molar-refractivity contribution >= 4 is 20.2 Å². The summed E-state index contributed by atoms with van der Waals surface area (Å²) in [5.41, 5.74) is 0.659. The van der Waals surface area contributed by atoms with Crippen LogP contribution >= 0.6 is 0 Å². The van der Waals surface area contributed by atoms with E-state index in [-0.39, 0.29) is 5.75 Å². The molecule has 0 radical (unpaired) electrons. The molecule has 2 unspecified atom stereocenters. The number of hydrogen-bond acceptors (Lipinski definition) is 6. The van der Waals surface area contributed by atoms with Crippen LogP contribution in [0.3, 0.4) is 0 Å². The summed E-state index contributed by atoms with van der Waals surface area (Å²) in [7, 11) is -7.54. The van der Waals surface area contributed by atoms with Crippen LogP contribution in [-0.4, -0.2) is 35.1 Å². The van der Waals surface area contributed by atoms with Crippen LogP contribution in [0.15, 0.2) is 30.3 Å². The van der Waals surface area contributed by atoms with Crippen LogP contribution in [0, 0.1) is 0 Å². The molecule has 2 atom stereocenters. The third kappa shape index (κ3) is 3.29. The third-order valence-corrected chi connectivity index (χ3v) is 4.24. The molecular formula is C10H12O6S2. The van der Waals surface area contributed by atoms with E-state index in [9.17, 15) is 16.8 Å². The van der Waals surface area contributed by atoms with Gasteiger partial charge in [0.2, 0.25) is 6.29 Å². The summed E-state index contributed by atoms with van der Waals surface area (Å²) in [6, 6.07) is 8.65.